The molecule has 17 heavy (non-hydrogen) atoms. The second-order valence-corrected chi connectivity index (χ2v) is 4.01. The van der Waals surface area contributed by atoms with Crippen molar-refractivity contribution in [2.75, 3.05) is 30.8 Å². The van der Waals surface area contributed by atoms with Gasteiger partial charge in [0.15, 0.2) is 0 Å². The molecule has 1 aromatic rings. The zero-order chi connectivity index (χ0) is 12.1. The molecule has 0 saturated heterocycles. The number of rotatable bonds is 6. The van der Waals surface area contributed by atoms with Gasteiger partial charge in [-0.25, -0.2) is 4.98 Å². The van der Waals surface area contributed by atoms with E-state index >= 15 is 0 Å². The van der Waals surface area contributed by atoms with Crippen molar-refractivity contribution in [2.45, 2.75) is 12.8 Å². The third-order valence-electron chi connectivity index (χ3n) is 2.56. The highest BCUT2D eigenvalue weighted by Crippen LogP contribution is 2.28. The number of carbonyl (C=O) groups excluding carboxylic acids is 1. The van der Waals surface area contributed by atoms with Crippen molar-refractivity contribution in [3.05, 3.63) is 12.3 Å². The topological polar surface area (TPSA) is 78.9 Å². The maximum Gasteiger partial charge on any atom is 0.224 e. The van der Waals surface area contributed by atoms with Gasteiger partial charge in [-0.15, -0.1) is 0 Å². The molecule has 92 valence electrons. The van der Waals surface area contributed by atoms with Crippen molar-refractivity contribution in [1.29, 1.82) is 0 Å². The van der Waals surface area contributed by atoms with Gasteiger partial charge in [0.1, 0.15) is 5.82 Å². The highest BCUT2D eigenvalue weighted by molar-refractivity contribution is 5.80. The molecule has 0 atom stereocenters. The molecule has 0 spiro atoms. The van der Waals surface area contributed by atoms with Gasteiger partial charge in [0, 0.05) is 32.3 Å². The zero-order valence-electron chi connectivity index (χ0n) is 9.86. The molecule has 1 fully saturated rings. The number of aromatic nitrogens is 2. The van der Waals surface area contributed by atoms with E-state index in [1.54, 1.807) is 19.3 Å². The van der Waals surface area contributed by atoms with E-state index in [0.717, 1.165) is 18.7 Å². The van der Waals surface area contributed by atoms with E-state index in [4.69, 9.17) is 0 Å². The van der Waals surface area contributed by atoms with Gasteiger partial charge in [0.05, 0.1) is 0 Å². The van der Waals surface area contributed by atoms with Gasteiger partial charge in [-0.05, 0) is 18.9 Å². The molecular formula is C11H17N5O. The van der Waals surface area contributed by atoms with E-state index < -0.39 is 0 Å². The molecule has 1 aliphatic rings. The normalized spacial score (nSPS) is 14.2. The van der Waals surface area contributed by atoms with Crippen LogP contribution in [0, 0.1) is 5.92 Å². The van der Waals surface area contributed by atoms with Gasteiger partial charge in [-0.3, -0.25) is 4.79 Å². The predicted octanol–water partition coefficient (Wildman–Crippen LogP) is 0.456. The molecule has 0 aromatic carbocycles. The molecule has 1 heterocycles. The SMILES string of the molecule is CNc1nccc(NCCNC(=O)C2CC2)n1. The summed E-state index contributed by atoms with van der Waals surface area (Å²) in [5.41, 5.74) is 0. The molecular weight excluding hydrogens is 218 g/mol. The molecule has 1 aliphatic carbocycles. The number of amides is 1. The van der Waals surface area contributed by atoms with Crippen molar-refractivity contribution in [2.24, 2.45) is 5.92 Å². The first kappa shape index (κ1) is 11.6. The third kappa shape index (κ3) is 3.58. The molecule has 6 heteroatoms. The Labute approximate surface area is 100 Å². The van der Waals surface area contributed by atoms with E-state index in [-0.39, 0.29) is 11.8 Å². The van der Waals surface area contributed by atoms with Gasteiger partial charge in [0.2, 0.25) is 11.9 Å². The number of carbonyl (C=O) groups is 1. The second kappa shape index (κ2) is 5.47. The van der Waals surface area contributed by atoms with Crippen LogP contribution >= 0.6 is 0 Å². The summed E-state index contributed by atoms with van der Waals surface area (Å²) in [4.78, 5) is 19.6. The summed E-state index contributed by atoms with van der Waals surface area (Å²) in [5.74, 6) is 1.78. The van der Waals surface area contributed by atoms with Crippen LogP contribution in [0.4, 0.5) is 11.8 Å². The molecule has 1 aromatic heterocycles. The molecule has 1 saturated carbocycles. The molecule has 6 nitrogen and oxygen atoms in total. The van der Waals surface area contributed by atoms with Crippen LogP contribution in [0.1, 0.15) is 12.8 Å². The largest absolute Gasteiger partial charge is 0.368 e. The highest BCUT2D eigenvalue weighted by Gasteiger charge is 2.28. The van der Waals surface area contributed by atoms with Gasteiger partial charge in [0.25, 0.3) is 0 Å². The Morgan fingerprint density at radius 2 is 2.29 bits per heavy atom. The minimum Gasteiger partial charge on any atom is -0.368 e. The van der Waals surface area contributed by atoms with E-state index in [0.29, 0.717) is 19.0 Å². The first-order chi connectivity index (χ1) is 8.29. The first-order valence-electron chi connectivity index (χ1n) is 5.82. The van der Waals surface area contributed by atoms with Gasteiger partial charge in [-0.1, -0.05) is 0 Å². The standard InChI is InChI=1S/C11H17N5O/c1-12-11-15-5-4-9(16-11)13-6-7-14-10(17)8-2-3-8/h4-5,8H,2-3,6-7H2,1H3,(H,14,17)(H2,12,13,15,16). The Kier molecular flexibility index (Phi) is 3.74. The minimum absolute atomic E-state index is 0.172. The van der Waals surface area contributed by atoms with Crippen LogP contribution in [0.25, 0.3) is 0 Å². The number of anilines is 2. The average Bonchev–Trinajstić information content (AvgIpc) is 3.19. The Hall–Kier alpha value is -1.85. The zero-order valence-corrected chi connectivity index (χ0v) is 9.86. The maximum absolute atomic E-state index is 11.3. The lowest BCUT2D eigenvalue weighted by Gasteiger charge is -2.07. The lowest BCUT2D eigenvalue weighted by Crippen LogP contribution is -2.29. The molecule has 3 N–H and O–H groups in total. The summed E-state index contributed by atoms with van der Waals surface area (Å²) in [7, 11) is 1.77. The molecule has 1 amide bonds. The fourth-order valence-electron chi connectivity index (χ4n) is 1.44. The quantitative estimate of drug-likeness (QED) is 0.624. The third-order valence-corrected chi connectivity index (χ3v) is 2.56. The van der Waals surface area contributed by atoms with E-state index in [2.05, 4.69) is 25.9 Å². The first-order valence-corrected chi connectivity index (χ1v) is 5.82. The van der Waals surface area contributed by atoms with Crippen molar-refractivity contribution >= 4 is 17.7 Å². The maximum atomic E-state index is 11.3. The highest BCUT2D eigenvalue weighted by atomic mass is 16.2. The predicted molar refractivity (Wildman–Crippen MR) is 65.8 cm³/mol. The lowest BCUT2D eigenvalue weighted by molar-refractivity contribution is -0.122. The summed E-state index contributed by atoms with van der Waals surface area (Å²) in [5, 5.41) is 8.88. The average molecular weight is 235 g/mol. The summed E-state index contributed by atoms with van der Waals surface area (Å²) in [6.45, 7) is 1.28. The number of nitrogens with zero attached hydrogens (tertiary/aromatic N) is 2. The second-order valence-electron chi connectivity index (χ2n) is 4.01. The number of hydrogen-bond donors (Lipinski definition) is 3. The summed E-state index contributed by atoms with van der Waals surface area (Å²) in [6.07, 6.45) is 3.76. The van der Waals surface area contributed by atoms with Crippen molar-refractivity contribution in [3.63, 3.8) is 0 Å². The molecule has 0 radical (unpaired) electrons. The van der Waals surface area contributed by atoms with E-state index in [9.17, 15) is 4.79 Å². The van der Waals surface area contributed by atoms with E-state index in [1.807, 2.05) is 0 Å². The van der Waals surface area contributed by atoms with Crippen LogP contribution in [-0.2, 0) is 4.79 Å². The van der Waals surface area contributed by atoms with Crippen LogP contribution in [-0.4, -0.2) is 36.0 Å². The Bertz CT molecular complexity index is 391. The molecule has 0 aliphatic heterocycles. The number of nitrogens with one attached hydrogen (secondary N) is 3. The molecule has 0 unspecified atom stereocenters. The lowest BCUT2D eigenvalue weighted by atomic mass is 10.4. The minimum atomic E-state index is 0.172. The van der Waals surface area contributed by atoms with Gasteiger partial charge < -0.3 is 16.0 Å². The van der Waals surface area contributed by atoms with Crippen LogP contribution in [0.5, 0.6) is 0 Å². The Morgan fingerprint density at radius 3 is 3.00 bits per heavy atom. The summed E-state index contributed by atoms with van der Waals surface area (Å²) >= 11 is 0. The van der Waals surface area contributed by atoms with Crippen LogP contribution in [0.2, 0.25) is 0 Å². The Balaban J connectivity index is 1.68. The number of hydrogen-bond acceptors (Lipinski definition) is 5. The molecule has 0 bridgehead atoms. The van der Waals surface area contributed by atoms with Crippen LogP contribution in [0.15, 0.2) is 12.3 Å². The fourth-order valence-corrected chi connectivity index (χ4v) is 1.44. The smallest absolute Gasteiger partial charge is 0.224 e. The summed E-state index contributed by atoms with van der Waals surface area (Å²) in [6, 6.07) is 1.80. The van der Waals surface area contributed by atoms with Crippen molar-refractivity contribution in [1.82, 2.24) is 15.3 Å². The van der Waals surface area contributed by atoms with Gasteiger partial charge >= 0.3 is 0 Å². The van der Waals surface area contributed by atoms with Crippen molar-refractivity contribution < 1.29 is 4.79 Å². The van der Waals surface area contributed by atoms with E-state index in [1.165, 1.54) is 0 Å². The van der Waals surface area contributed by atoms with Crippen LogP contribution in [0.3, 0.4) is 0 Å². The van der Waals surface area contributed by atoms with Crippen LogP contribution < -0.4 is 16.0 Å². The summed E-state index contributed by atoms with van der Waals surface area (Å²) < 4.78 is 0. The fraction of sp³-hybridized carbons (Fsp3) is 0.545. The van der Waals surface area contributed by atoms with Gasteiger partial charge in [-0.2, -0.15) is 4.98 Å². The monoisotopic (exact) mass is 235 g/mol. The molecule has 2 rings (SSSR count). The van der Waals surface area contributed by atoms with Crippen molar-refractivity contribution in [3.8, 4) is 0 Å². The Morgan fingerprint density at radius 1 is 1.47 bits per heavy atom.